The maximum absolute atomic E-state index is 12.0. The summed E-state index contributed by atoms with van der Waals surface area (Å²) in [6, 6.07) is 4.79. The number of carbonyl (C=O) groups is 1. The number of hydrogen-bond donors (Lipinski definition) is 2. The number of carbonyl (C=O) groups excluding carboxylic acids is 1. The average molecular weight is 216 g/mol. The third kappa shape index (κ3) is 1.75. The highest BCUT2D eigenvalue weighted by molar-refractivity contribution is 6.07. The van der Waals surface area contributed by atoms with Crippen LogP contribution in [0.3, 0.4) is 0 Å². The van der Waals surface area contributed by atoms with E-state index in [1.165, 1.54) is 0 Å². The SMILES string of the molecule is Cn1ccnc1C(=O)c1cc(N)cc(N)c1. The molecule has 0 atom stereocenters. The second kappa shape index (κ2) is 3.69. The Kier molecular flexibility index (Phi) is 2.36. The predicted octanol–water partition coefficient (Wildman–Crippen LogP) is 0.816. The van der Waals surface area contributed by atoms with E-state index >= 15 is 0 Å². The molecule has 5 nitrogen and oxygen atoms in total. The Bertz CT molecular complexity index is 524. The molecular weight excluding hydrogens is 204 g/mol. The number of aromatic nitrogens is 2. The number of nitrogens with zero attached hydrogens (tertiary/aromatic N) is 2. The molecule has 0 saturated heterocycles. The van der Waals surface area contributed by atoms with Crippen molar-refractivity contribution < 1.29 is 4.79 Å². The van der Waals surface area contributed by atoms with E-state index in [4.69, 9.17) is 11.5 Å². The fraction of sp³-hybridized carbons (Fsp3) is 0.0909. The summed E-state index contributed by atoms with van der Waals surface area (Å²) in [5.74, 6) is 0.177. The van der Waals surface area contributed by atoms with E-state index in [1.54, 1.807) is 42.2 Å². The van der Waals surface area contributed by atoms with E-state index in [0.717, 1.165) is 0 Å². The molecule has 0 radical (unpaired) electrons. The summed E-state index contributed by atoms with van der Waals surface area (Å²) in [4.78, 5) is 16.0. The van der Waals surface area contributed by atoms with Gasteiger partial charge in [0.2, 0.25) is 5.78 Å². The summed E-state index contributed by atoms with van der Waals surface area (Å²) in [7, 11) is 1.76. The van der Waals surface area contributed by atoms with Gasteiger partial charge in [0.05, 0.1) is 0 Å². The van der Waals surface area contributed by atoms with Crippen LogP contribution in [0.15, 0.2) is 30.6 Å². The third-order valence-corrected chi connectivity index (χ3v) is 2.26. The largest absolute Gasteiger partial charge is 0.399 e. The van der Waals surface area contributed by atoms with Crippen LogP contribution in [0.1, 0.15) is 16.2 Å². The Morgan fingerprint density at radius 3 is 2.38 bits per heavy atom. The van der Waals surface area contributed by atoms with Crippen LogP contribution in [0.2, 0.25) is 0 Å². The summed E-state index contributed by atoms with van der Waals surface area (Å²) in [6.45, 7) is 0. The van der Waals surface area contributed by atoms with Crippen molar-refractivity contribution in [3.63, 3.8) is 0 Å². The molecule has 0 saturated carbocycles. The first-order valence-electron chi connectivity index (χ1n) is 4.76. The molecule has 0 fully saturated rings. The first kappa shape index (κ1) is 10.2. The van der Waals surface area contributed by atoms with E-state index in [9.17, 15) is 4.79 Å². The highest BCUT2D eigenvalue weighted by Gasteiger charge is 2.14. The number of aryl methyl sites for hydroxylation is 1. The maximum atomic E-state index is 12.0. The molecule has 0 bridgehead atoms. The van der Waals surface area contributed by atoms with Crippen molar-refractivity contribution in [1.29, 1.82) is 0 Å². The molecule has 82 valence electrons. The Hall–Kier alpha value is -2.30. The minimum Gasteiger partial charge on any atom is -0.399 e. The van der Waals surface area contributed by atoms with Gasteiger partial charge in [0.25, 0.3) is 0 Å². The lowest BCUT2D eigenvalue weighted by Gasteiger charge is -2.04. The van der Waals surface area contributed by atoms with E-state index in [0.29, 0.717) is 22.8 Å². The molecule has 0 unspecified atom stereocenters. The van der Waals surface area contributed by atoms with Crippen molar-refractivity contribution >= 4 is 17.2 Å². The van der Waals surface area contributed by atoms with Crippen LogP contribution in [0.5, 0.6) is 0 Å². The minimum absolute atomic E-state index is 0.188. The van der Waals surface area contributed by atoms with Crippen molar-refractivity contribution in [1.82, 2.24) is 9.55 Å². The van der Waals surface area contributed by atoms with E-state index in [-0.39, 0.29) is 5.78 Å². The monoisotopic (exact) mass is 216 g/mol. The molecule has 16 heavy (non-hydrogen) atoms. The lowest BCUT2D eigenvalue weighted by molar-refractivity contribution is 0.102. The summed E-state index contributed by atoms with van der Waals surface area (Å²) in [5.41, 5.74) is 12.6. The molecule has 0 amide bonds. The molecule has 0 aliphatic carbocycles. The van der Waals surface area contributed by atoms with Crippen LogP contribution < -0.4 is 11.5 Å². The summed E-state index contributed by atoms with van der Waals surface area (Å²) < 4.78 is 1.65. The zero-order valence-corrected chi connectivity index (χ0v) is 8.84. The number of rotatable bonds is 2. The summed E-state index contributed by atoms with van der Waals surface area (Å²) in [5, 5.41) is 0. The van der Waals surface area contributed by atoms with Crippen molar-refractivity contribution in [2.45, 2.75) is 0 Å². The quantitative estimate of drug-likeness (QED) is 0.574. The summed E-state index contributed by atoms with van der Waals surface area (Å²) in [6.07, 6.45) is 3.28. The Labute approximate surface area is 92.7 Å². The normalized spacial score (nSPS) is 10.3. The topological polar surface area (TPSA) is 86.9 Å². The van der Waals surface area contributed by atoms with Gasteiger partial charge in [-0.05, 0) is 18.2 Å². The second-order valence-corrected chi connectivity index (χ2v) is 3.58. The summed E-state index contributed by atoms with van der Waals surface area (Å²) >= 11 is 0. The maximum Gasteiger partial charge on any atom is 0.228 e. The molecule has 1 heterocycles. The number of nitrogen functional groups attached to an aromatic ring is 2. The number of hydrogen-bond acceptors (Lipinski definition) is 4. The van der Waals surface area contributed by atoms with Gasteiger partial charge in [0.1, 0.15) is 0 Å². The fourth-order valence-electron chi connectivity index (χ4n) is 1.52. The van der Waals surface area contributed by atoms with Crippen LogP contribution in [-0.4, -0.2) is 15.3 Å². The van der Waals surface area contributed by atoms with Crippen LogP contribution in [0.4, 0.5) is 11.4 Å². The zero-order chi connectivity index (χ0) is 11.7. The number of nitrogens with two attached hydrogens (primary N) is 2. The lowest BCUT2D eigenvalue weighted by atomic mass is 10.1. The average Bonchev–Trinajstić information content (AvgIpc) is 2.62. The van der Waals surface area contributed by atoms with Gasteiger partial charge in [-0.3, -0.25) is 4.79 Å². The first-order chi connectivity index (χ1) is 7.58. The van der Waals surface area contributed by atoms with Gasteiger partial charge in [-0.1, -0.05) is 0 Å². The van der Waals surface area contributed by atoms with E-state index in [1.807, 2.05) is 0 Å². The number of imidazole rings is 1. The molecular formula is C11H12N4O. The third-order valence-electron chi connectivity index (χ3n) is 2.26. The molecule has 0 spiro atoms. The molecule has 0 aliphatic rings. The molecule has 1 aromatic carbocycles. The highest BCUT2D eigenvalue weighted by atomic mass is 16.1. The highest BCUT2D eigenvalue weighted by Crippen LogP contribution is 2.16. The van der Waals surface area contributed by atoms with Crippen LogP contribution in [0.25, 0.3) is 0 Å². The van der Waals surface area contributed by atoms with Gasteiger partial charge in [-0.15, -0.1) is 0 Å². The Balaban J connectivity index is 2.45. The zero-order valence-electron chi connectivity index (χ0n) is 8.84. The number of ketones is 1. The van der Waals surface area contributed by atoms with Gasteiger partial charge in [-0.2, -0.15) is 0 Å². The van der Waals surface area contributed by atoms with Crippen molar-refractivity contribution in [2.75, 3.05) is 11.5 Å². The van der Waals surface area contributed by atoms with Crippen LogP contribution in [0, 0.1) is 0 Å². The first-order valence-corrected chi connectivity index (χ1v) is 4.76. The Morgan fingerprint density at radius 2 is 1.88 bits per heavy atom. The van der Waals surface area contributed by atoms with Crippen molar-refractivity contribution in [3.8, 4) is 0 Å². The van der Waals surface area contributed by atoms with E-state index < -0.39 is 0 Å². The van der Waals surface area contributed by atoms with E-state index in [2.05, 4.69) is 4.98 Å². The number of anilines is 2. The van der Waals surface area contributed by atoms with Gasteiger partial charge in [0, 0.05) is 36.4 Å². The molecule has 4 N–H and O–H groups in total. The lowest BCUT2D eigenvalue weighted by Crippen LogP contribution is -2.09. The predicted molar refractivity (Wildman–Crippen MR) is 61.9 cm³/mol. The smallest absolute Gasteiger partial charge is 0.228 e. The fourth-order valence-corrected chi connectivity index (χ4v) is 1.52. The van der Waals surface area contributed by atoms with Gasteiger partial charge >= 0.3 is 0 Å². The van der Waals surface area contributed by atoms with Gasteiger partial charge < -0.3 is 16.0 Å². The Morgan fingerprint density at radius 1 is 1.25 bits per heavy atom. The van der Waals surface area contributed by atoms with Crippen molar-refractivity contribution in [3.05, 3.63) is 42.0 Å². The van der Waals surface area contributed by atoms with Gasteiger partial charge in [0.15, 0.2) is 5.82 Å². The molecule has 2 aromatic rings. The van der Waals surface area contributed by atoms with Crippen LogP contribution in [-0.2, 0) is 7.05 Å². The second-order valence-electron chi connectivity index (χ2n) is 3.58. The molecule has 0 aliphatic heterocycles. The number of benzene rings is 1. The molecule has 1 aromatic heterocycles. The standard InChI is InChI=1S/C11H12N4O/c1-15-3-2-14-11(15)10(16)7-4-8(12)6-9(13)5-7/h2-6H,12-13H2,1H3. The van der Waals surface area contributed by atoms with Crippen LogP contribution >= 0.6 is 0 Å². The molecule has 5 heteroatoms. The van der Waals surface area contributed by atoms with Crippen molar-refractivity contribution in [2.24, 2.45) is 7.05 Å². The molecule has 2 rings (SSSR count). The minimum atomic E-state index is -0.188. The van der Waals surface area contributed by atoms with Gasteiger partial charge in [-0.25, -0.2) is 4.98 Å².